The number of hydrogen-bond acceptors (Lipinski definition) is 2. The van der Waals surface area contributed by atoms with Crippen molar-refractivity contribution in [1.29, 1.82) is 0 Å². The average molecular weight is 295 g/mol. The van der Waals surface area contributed by atoms with Crippen molar-refractivity contribution < 1.29 is 0 Å². The molecule has 2 nitrogen and oxygen atoms in total. The van der Waals surface area contributed by atoms with Gasteiger partial charge in [0.05, 0.1) is 0 Å². The van der Waals surface area contributed by atoms with Crippen molar-refractivity contribution in [2.75, 3.05) is 18.5 Å². The summed E-state index contributed by atoms with van der Waals surface area (Å²) in [4.78, 5) is 2.45. The van der Waals surface area contributed by atoms with E-state index in [1.807, 2.05) is 6.07 Å². The number of nitrogens with one attached hydrogen (secondary N) is 1. The Hall–Kier alpha value is -0.730. The summed E-state index contributed by atoms with van der Waals surface area (Å²) in [5.74, 6) is 0.840. The summed E-state index contributed by atoms with van der Waals surface area (Å²) in [6, 6.07) is 6.92. The Bertz CT molecular complexity index is 433. The lowest BCUT2D eigenvalue weighted by Gasteiger charge is -2.36. The largest absolute Gasteiger partial charge is 0.371 e. The molecule has 1 N–H and O–H groups in total. The highest BCUT2D eigenvalue weighted by Gasteiger charge is 2.23. The zero-order valence-electron chi connectivity index (χ0n) is 13.0. The van der Waals surface area contributed by atoms with E-state index in [-0.39, 0.29) is 0 Å². The zero-order chi connectivity index (χ0) is 14.5. The Morgan fingerprint density at radius 3 is 2.85 bits per heavy atom. The van der Waals surface area contributed by atoms with Crippen molar-refractivity contribution in [3.63, 3.8) is 0 Å². The molecule has 1 saturated carbocycles. The molecule has 0 aromatic heterocycles. The highest BCUT2D eigenvalue weighted by Crippen LogP contribution is 2.32. The molecule has 2 rings (SSSR count). The van der Waals surface area contributed by atoms with E-state index in [9.17, 15) is 0 Å². The maximum absolute atomic E-state index is 6.22. The molecule has 1 fully saturated rings. The molecule has 1 aliphatic carbocycles. The van der Waals surface area contributed by atoms with Crippen molar-refractivity contribution >= 4 is 17.3 Å². The van der Waals surface area contributed by atoms with Crippen molar-refractivity contribution in [2.24, 2.45) is 5.92 Å². The zero-order valence-corrected chi connectivity index (χ0v) is 13.7. The van der Waals surface area contributed by atoms with Crippen LogP contribution in [-0.2, 0) is 6.54 Å². The minimum atomic E-state index is 0.651. The summed E-state index contributed by atoms with van der Waals surface area (Å²) < 4.78 is 0. The lowest BCUT2D eigenvalue weighted by Crippen LogP contribution is -2.36. The molecule has 1 aliphatic rings. The van der Waals surface area contributed by atoms with E-state index in [0.717, 1.165) is 24.0 Å². The number of halogens is 1. The smallest absolute Gasteiger partial charge is 0.0426 e. The number of rotatable bonds is 5. The fourth-order valence-electron chi connectivity index (χ4n) is 3.23. The van der Waals surface area contributed by atoms with Crippen LogP contribution in [0, 0.1) is 5.92 Å². The molecule has 2 atom stereocenters. The number of anilines is 1. The Kier molecular flexibility index (Phi) is 5.74. The standard InChI is InChI=1S/C17H27ClN2/c1-4-19-12-14-8-9-15(18)11-17(14)20(3)16-7-5-6-13(2)10-16/h8-9,11,13,16,19H,4-7,10,12H2,1-3H3. The maximum atomic E-state index is 6.22. The summed E-state index contributed by atoms with van der Waals surface area (Å²) in [5, 5.41) is 4.25. The van der Waals surface area contributed by atoms with Gasteiger partial charge >= 0.3 is 0 Å². The molecule has 1 aromatic carbocycles. The molecule has 0 aliphatic heterocycles. The van der Waals surface area contributed by atoms with Crippen LogP contribution in [0.1, 0.15) is 45.1 Å². The third-order valence-corrected chi connectivity index (χ3v) is 4.68. The van der Waals surface area contributed by atoms with Crippen molar-refractivity contribution in [1.82, 2.24) is 5.32 Å². The number of hydrogen-bond donors (Lipinski definition) is 1. The first-order chi connectivity index (χ1) is 9.61. The molecule has 1 aromatic rings. The van der Waals surface area contributed by atoms with E-state index >= 15 is 0 Å². The lowest BCUT2D eigenvalue weighted by atomic mass is 9.86. The molecule has 0 bridgehead atoms. The molecule has 0 spiro atoms. The summed E-state index contributed by atoms with van der Waals surface area (Å²) in [6.07, 6.45) is 5.32. The minimum absolute atomic E-state index is 0.651. The number of nitrogens with zero attached hydrogens (tertiary/aromatic N) is 1. The molecular weight excluding hydrogens is 268 g/mol. The van der Waals surface area contributed by atoms with Gasteiger partial charge in [-0.15, -0.1) is 0 Å². The van der Waals surface area contributed by atoms with Crippen molar-refractivity contribution in [3.8, 4) is 0 Å². The van der Waals surface area contributed by atoms with Gasteiger partial charge in [-0.1, -0.05) is 44.4 Å². The van der Waals surface area contributed by atoms with Crippen LogP contribution in [0.3, 0.4) is 0 Å². The quantitative estimate of drug-likeness (QED) is 0.862. The molecule has 0 heterocycles. The summed E-state index contributed by atoms with van der Waals surface area (Å²) in [5.41, 5.74) is 2.63. The van der Waals surface area contributed by atoms with Gasteiger partial charge in [0.15, 0.2) is 0 Å². The molecule has 112 valence electrons. The van der Waals surface area contributed by atoms with Gasteiger partial charge < -0.3 is 10.2 Å². The first-order valence-electron chi connectivity index (χ1n) is 7.83. The van der Waals surface area contributed by atoms with E-state index in [4.69, 9.17) is 11.6 Å². The fraction of sp³-hybridized carbons (Fsp3) is 0.647. The summed E-state index contributed by atoms with van der Waals surface area (Å²) in [7, 11) is 2.23. The topological polar surface area (TPSA) is 15.3 Å². The SMILES string of the molecule is CCNCc1ccc(Cl)cc1N(C)C1CCCC(C)C1. The average Bonchev–Trinajstić information content (AvgIpc) is 2.45. The normalized spacial score (nSPS) is 22.8. The Balaban J connectivity index is 2.18. The van der Waals surface area contributed by atoms with Crippen LogP contribution >= 0.6 is 11.6 Å². The second-order valence-corrected chi connectivity index (χ2v) is 6.53. The van der Waals surface area contributed by atoms with Crippen LogP contribution in [0.25, 0.3) is 0 Å². The van der Waals surface area contributed by atoms with E-state index in [1.165, 1.54) is 36.9 Å². The van der Waals surface area contributed by atoms with E-state index in [0.29, 0.717) is 6.04 Å². The highest BCUT2D eigenvalue weighted by molar-refractivity contribution is 6.30. The fourth-order valence-corrected chi connectivity index (χ4v) is 3.39. The van der Waals surface area contributed by atoms with Crippen LogP contribution in [-0.4, -0.2) is 19.6 Å². The van der Waals surface area contributed by atoms with E-state index in [1.54, 1.807) is 0 Å². The first kappa shape index (κ1) is 15.7. The van der Waals surface area contributed by atoms with Gasteiger partial charge in [-0.3, -0.25) is 0 Å². The monoisotopic (exact) mass is 294 g/mol. The minimum Gasteiger partial charge on any atom is -0.371 e. The van der Waals surface area contributed by atoms with Gasteiger partial charge in [-0.05, 0) is 43.0 Å². The lowest BCUT2D eigenvalue weighted by molar-refractivity contribution is 0.336. The molecule has 0 amide bonds. The summed E-state index contributed by atoms with van der Waals surface area (Å²) in [6.45, 7) is 6.42. The van der Waals surface area contributed by atoms with Crippen molar-refractivity contribution in [2.45, 2.75) is 52.1 Å². The van der Waals surface area contributed by atoms with Gasteiger partial charge in [0.2, 0.25) is 0 Å². The highest BCUT2D eigenvalue weighted by atomic mass is 35.5. The molecular formula is C17H27ClN2. The van der Waals surface area contributed by atoms with Crippen LogP contribution in [0.5, 0.6) is 0 Å². The van der Waals surface area contributed by atoms with Gasteiger partial charge in [0, 0.05) is 30.3 Å². The van der Waals surface area contributed by atoms with Crippen LogP contribution in [0.4, 0.5) is 5.69 Å². The summed E-state index contributed by atoms with van der Waals surface area (Å²) >= 11 is 6.22. The van der Waals surface area contributed by atoms with Gasteiger partial charge in [0.1, 0.15) is 0 Å². The third kappa shape index (κ3) is 3.89. The Morgan fingerprint density at radius 2 is 2.15 bits per heavy atom. The molecule has 0 saturated heterocycles. The Labute approximate surface area is 128 Å². The first-order valence-corrected chi connectivity index (χ1v) is 8.21. The van der Waals surface area contributed by atoms with Crippen LogP contribution < -0.4 is 10.2 Å². The second-order valence-electron chi connectivity index (χ2n) is 6.09. The molecule has 20 heavy (non-hydrogen) atoms. The molecule has 3 heteroatoms. The molecule has 0 radical (unpaired) electrons. The maximum Gasteiger partial charge on any atom is 0.0426 e. The van der Waals surface area contributed by atoms with E-state index in [2.05, 4.69) is 43.2 Å². The van der Waals surface area contributed by atoms with Crippen molar-refractivity contribution in [3.05, 3.63) is 28.8 Å². The van der Waals surface area contributed by atoms with Gasteiger partial charge in [-0.25, -0.2) is 0 Å². The second kappa shape index (κ2) is 7.33. The van der Waals surface area contributed by atoms with Gasteiger partial charge in [0.25, 0.3) is 0 Å². The van der Waals surface area contributed by atoms with Gasteiger partial charge in [-0.2, -0.15) is 0 Å². The predicted octanol–water partition coefficient (Wildman–Crippen LogP) is 4.46. The Morgan fingerprint density at radius 1 is 1.35 bits per heavy atom. The third-order valence-electron chi connectivity index (χ3n) is 4.45. The predicted molar refractivity (Wildman–Crippen MR) is 88.7 cm³/mol. The van der Waals surface area contributed by atoms with E-state index < -0.39 is 0 Å². The van der Waals surface area contributed by atoms with Crippen LogP contribution in [0.2, 0.25) is 5.02 Å². The molecule has 2 unspecified atom stereocenters. The van der Waals surface area contributed by atoms with Crippen LogP contribution in [0.15, 0.2) is 18.2 Å². The number of benzene rings is 1.